The van der Waals surface area contributed by atoms with Crippen molar-refractivity contribution in [3.05, 3.63) is 0 Å². The van der Waals surface area contributed by atoms with E-state index in [1.807, 2.05) is 0 Å². The summed E-state index contributed by atoms with van der Waals surface area (Å²) in [5.74, 6) is 0.511. The number of ether oxygens (including phenoxy) is 2. The van der Waals surface area contributed by atoms with E-state index < -0.39 is 0 Å². The highest BCUT2D eigenvalue weighted by Gasteiger charge is 2.21. The van der Waals surface area contributed by atoms with E-state index >= 15 is 0 Å². The maximum absolute atomic E-state index is 11.3. The maximum Gasteiger partial charge on any atom is 0.332 e. The second-order valence-electron chi connectivity index (χ2n) is 4.21. The third-order valence-corrected chi connectivity index (χ3v) is 2.74. The Morgan fingerprint density at radius 1 is 1.33 bits per heavy atom. The third kappa shape index (κ3) is 5.14. The van der Waals surface area contributed by atoms with Gasteiger partial charge in [0.05, 0.1) is 6.61 Å². The van der Waals surface area contributed by atoms with Crippen molar-refractivity contribution in [2.24, 2.45) is 11.7 Å². The Bertz CT molecular complexity index is 188. The van der Waals surface area contributed by atoms with Gasteiger partial charge in [0.1, 0.15) is 12.7 Å². The van der Waals surface area contributed by atoms with E-state index in [2.05, 4.69) is 6.92 Å². The number of esters is 1. The smallest absolute Gasteiger partial charge is 0.332 e. The minimum Gasteiger partial charge on any atom is -0.461 e. The van der Waals surface area contributed by atoms with Crippen LogP contribution in [0.15, 0.2) is 0 Å². The SMILES string of the molecule is CC1CCC(OC(=O)COCCN)CC1. The van der Waals surface area contributed by atoms with Crippen LogP contribution in [-0.4, -0.2) is 31.8 Å². The minimum atomic E-state index is -0.261. The van der Waals surface area contributed by atoms with E-state index in [4.69, 9.17) is 15.2 Å². The summed E-state index contributed by atoms with van der Waals surface area (Å²) < 4.78 is 10.3. The van der Waals surface area contributed by atoms with Gasteiger partial charge in [-0.15, -0.1) is 0 Å². The number of hydrogen-bond donors (Lipinski definition) is 1. The molecule has 88 valence electrons. The largest absolute Gasteiger partial charge is 0.461 e. The first-order valence-electron chi connectivity index (χ1n) is 5.69. The normalized spacial score (nSPS) is 26.3. The van der Waals surface area contributed by atoms with Crippen LogP contribution in [0.25, 0.3) is 0 Å². The number of carbonyl (C=O) groups is 1. The highest BCUT2D eigenvalue weighted by atomic mass is 16.6. The first-order valence-corrected chi connectivity index (χ1v) is 5.69. The van der Waals surface area contributed by atoms with Crippen LogP contribution >= 0.6 is 0 Å². The molecule has 0 spiro atoms. The molecule has 1 saturated carbocycles. The highest BCUT2D eigenvalue weighted by molar-refractivity contribution is 5.70. The van der Waals surface area contributed by atoms with Crippen molar-refractivity contribution in [3.8, 4) is 0 Å². The van der Waals surface area contributed by atoms with Crippen LogP contribution in [0.2, 0.25) is 0 Å². The van der Waals surface area contributed by atoms with Crippen LogP contribution in [0, 0.1) is 5.92 Å². The van der Waals surface area contributed by atoms with Gasteiger partial charge in [-0.3, -0.25) is 0 Å². The zero-order valence-corrected chi connectivity index (χ0v) is 9.41. The van der Waals surface area contributed by atoms with Crippen molar-refractivity contribution in [2.75, 3.05) is 19.8 Å². The summed E-state index contributed by atoms with van der Waals surface area (Å²) in [4.78, 5) is 11.3. The Morgan fingerprint density at radius 3 is 2.60 bits per heavy atom. The molecule has 1 fully saturated rings. The Morgan fingerprint density at radius 2 is 2.00 bits per heavy atom. The lowest BCUT2D eigenvalue weighted by atomic mass is 9.89. The number of rotatable bonds is 5. The number of nitrogens with two attached hydrogens (primary N) is 1. The summed E-state index contributed by atoms with van der Waals surface area (Å²) in [5.41, 5.74) is 5.24. The number of hydrogen-bond acceptors (Lipinski definition) is 4. The van der Waals surface area contributed by atoms with Crippen molar-refractivity contribution < 1.29 is 14.3 Å². The molecule has 0 bridgehead atoms. The van der Waals surface area contributed by atoms with Gasteiger partial charge in [0.15, 0.2) is 0 Å². The molecule has 0 heterocycles. The molecule has 0 amide bonds. The van der Waals surface area contributed by atoms with Crippen LogP contribution in [0.1, 0.15) is 32.6 Å². The Kier molecular flexibility index (Phi) is 5.65. The molecule has 15 heavy (non-hydrogen) atoms. The van der Waals surface area contributed by atoms with Gasteiger partial charge in [-0.2, -0.15) is 0 Å². The molecule has 4 heteroatoms. The summed E-state index contributed by atoms with van der Waals surface area (Å²) in [5, 5.41) is 0. The van der Waals surface area contributed by atoms with Gasteiger partial charge in [-0.25, -0.2) is 4.79 Å². The summed E-state index contributed by atoms with van der Waals surface area (Å²) in [6.07, 6.45) is 4.40. The average Bonchev–Trinajstić information content (AvgIpc) is 2.22. The quantitative estimate of drug-likeness (QED) is 0.550. The molecule has 0 aromatic rings. The second-order valence-corrected chi connectivity index (χ2v) is 4.21. The van der Waals surface area contributed by atoms with Crippen LogP contribution in [0.5, 0.6) is 0 Å². The Labute approximate surface area is 91.1 Å². The van der Waals surface area contributed by atoms with E-state index in [1.165, 1.54) is 0 Å². The van der Waals surface area contributed by atoms with Crippen molar-refractivity contribution in [1.29, 1.82) is 0 Å². The monoisotopic (exact) mass is 215 g/mol. The van der Waals surface area contributed by atoms with Gasteiger partial charge in [-0.1, -0.05) is 6.92 Å². The molecule has 1 rings (SSSR count). The second kappa shape index (κ2) is 6.80. The molecule has 0 aromatic carbocycles. The van der Waals surface area contributed by atoms with Gasteiger partial charge >= 0.3 is 5.97 Å². The van der Waals surface area contributed by atoms with Gasteiger partial charge in [0.2, 0.25) is 0 Å². The van der Waals surface area contributed by atoms with Crippen LogP contribution in [0.4, 0.5) is 0 Å². The van der Waals surface area contributed by atoms with Gasteiger partial charge in [-0.05, 0) is 31.6 Å². The van der Waals surface area contributed by atoms with Crippen LogP contribution in [0.3, 0.4) is 0 Å². The predicted molar refractivity (Wildman–Crippen MR) is 57.4 cm³/mol. The molecule has 0 unspecified atom stereocenters. The molecule has 0 saturated heterocycles. The fraction of sp³-hybridized carbons (Fsp3) is 0.909. The van der Waals surface area contributed by atoms with E-state index in [1.54, 1.807) is 0 Å². The van der Waals surface area contributed by atoms with Crippen molar-refractivity contribution in [3.63, 3.8) is 0 Å². The molecule has 0 aliphatic heterocycles. The first-order chi connectivity index (χ1) is 7.22. The molecule has 1 aliphatic rings. The van der Waals surface area contributed by atoms with Gasteiger partial charge < -0.3 is 15.2 Å². The maximum atomic E-state index is 11.3. The van der Waals surface area contributed by atoms with E-state index in [-0.39, 0.29) is 18.7 Å². The fourth-order valence-corrected chi connectivity index (χ4v) is 1.81. The summed E-state index contributed by atoms with van der Waals surface area (Å²) in [6.45, 7) is 3.12. The lowest BCUT2D eigenvalue weighted by Crippen LogP contribution is -2.26. The Balaban J connectivity index is 2.09. The topological polar surface area (TPSA) is 61.5 Å². The van der Waals surface area contributed by atoms with E-state index in [0.717, 1.165) is 31.6 Å². The predicted octanol–water partition coefficient (Wildman–Crippen LogP) is 1.08. The number of carbonyl (C=O) groups excluding carboxylic acids is 1. The minimum absolute atomic E-state index is 0.0310. The average molecular weight is 215 g/mol. The Hall–Kier alpha value is -0.610. The zero-order valence-electron chi connectivity index (χ0n) is 9.41. The zero-order chi connectivity index (χ0) is 11.1. The lowest BCUT2D eigenvalue weighted by Gasteiger charge is -2.25. The highest BCUT2D eigenvalue weighted by Crippen LogP contribution is 2.25. The van der Waals surface area contributed by atoms with E-state index in [0.29, 0.717) is 13.2 Å². The van der Waals surface area contributed by atoms with Crippen molar-refractivity contribution in [2.45, 2.75) is 38.7 Å². The summed E-state index contributed by atoms with van der Waals surface area (Å²) in [6, 6.07) is 0. The van der Waals surface area contributed by atoms with Crippen molar-refractivity contribution >= 4 is 5.97 Å². The molecule has 0 radical (unpaired) electrons. The molecule has 1 aliphatic carbocycles. The molecule has 0 aromatic heterocycles. The first kappa shape index (κ1) is 12.5. The standard InChI is InChI=1S/C11H21NO3/c1-9-2-4-10(5-3-9)15-11(13)8-14-7-6-12/h9-10H,2-8,12H2,1H3. The van der Waals surface area contributed by atoms with Crippen LogP contribution in [-0.2, 0) is 14.3 Å². The third-order valence-electron chi connectivity index (χ3n) is 2.74. The molecule has 2 N–H and O–H groups in total. The molecular weight excluding hydrogens is 194 g/mol. The molecular formula is C11H21NO3. The summed E-state index contributed by atoms with van der Waals surface area (Å²) >= 11 is 0. The van der Waals surface area contributed by atoms with Crippen molar-refractivity contribution in [1.82, 2.24) is 0 Å². The summed E-state index contributed by atoms with van der Waals surface area (Å²) in [7, 11) is 0. The lowest BCUT2D eigenvalue weighted by molar-refractivity contribution is -0.156. The van der Waals surface area contributed by atoms with E-state index in [9.17, 15) is 4.79 Å². The fourth-order valence-electron chi connectivity index (χ4n) is 1.81. The van der Waals surface area contributed by atoms with Gasteiger partial charge in [0.25, 0.3) is 0 Å². The van der Waals surface area contributed by atoms with Crippen LogP contribution < -0.4 is 5.73 Å². The molecule has 0 atom stereocenters. The molecule has 4 nitrogen and oxygen atoms in total. The van der Waals surface area contributed by atoms with Gasteiger partial charge in [0, 0.05) is 6.54 Å².